The van der Waals surface area contributed by atoms with E-state index in [4.69, 9.17) is 9.47 Å². The molecule has 94 valence electrons. The van der Waals surface area contributed by atoms with E-state index < -0.39 is 6.29 Å². The molecule has 1 N–H and O–H groups in total. The summed E-state index contributed by atoms with van der Waals surface area (Å²) in [5.74, 6) is 1.50. The predicted octanol–water partition coefficient (Wildman–Crippen LogP) is 2.70. The Morgan fingerprint density at radius 3 is 2.42 bits per heavy atom. The van der Waals surface area contributed by atoms with Crippen LogP contribution < -0.4 is 9.47 Å². The zero-order valence-corrected chi connectivity index (χ0v) is 10.2. The van der Waals surface area contributed by atoms with Gasteiger partial charge in [0.05, 0.1) is 0 Å². The highest BCUT2D eigenvalue weighted by molar-refractivity contribution is 5.98. The van der Waals surface area contributed by atoms with Gasteiger partial charge >= 0.3 is 0 Å². The summed E-state index contributed by atoms with van der Waals surface area (Å²) in [5, 5.41) is 10.3. The van der Waals surface area contributed by atoms with Crippen molar-refractivity contribution in [3.8, 4) is 11.5 Å². The molecule has 0 spiro atoms. The van der Waals surface area contributed by atoms with E-state index in [-0.39, 0.29) is 0 Å². The molecule has 2 aromatic rings. The molecule has 3 nitrogen and oxygen atoms in total. The van der Waals surface area contributed by atoms with Gasteiger partial charge in [-0.25, -0.2) is 0 Å². The Balaban J connectivity index is 2.00. The molecule has 0 amide bonds. The Hall–Kier alpha value is -2.26. The zero-order valence-electron chi connectivity index (χ0n) is 10.2. The van der Waals surface area contributed by atoms with E-state index in [1.54, 1.807) is 0 Å². The summed E-state index contributed by atoms with van der Waals surface area (Å²) >= 11 is 0. The largest absolute Gasteiger partial charge is 0.488 e. The number of para-hydroxylation sites is 2. The average Bonchev–Trinajstić information content (AvgIpc) is 2.46. The number of fused-ring (bicyclic) bond motifs is 4. The van der Waals surface area contributed by atoms with Crippen LogP contribution in [0.4, 0.5) is 0 Å². The molecule has 1 atom stereocenters. The molecule has 0 radical (unpaired) electrons. The molecule has 2 aliphatic rings. The van der Waals surface area contributed by atoms with Gasteiger partial charge in [-0.05, 0) is 12.1 Å². The van der Waals surface area contributed by atoms with E-state index in [0.29, 0.717) is 12.4 Å². The molecular weight excluding hydrogens is 240 g/mol. The van der Waals surface area contributed by atoms with Crippen LogP contribution in [0, 0.1) is 0 Å². The van der Waals surface area contributed by atoms with E-state index in [0.717, 1.165) is 28.0 Å². The number of aliphatic hydroxyl groups is 1. The van der Waals surface area contributed by atoms with Gasteiger partial charge in [0.2, 0.25) is 6.29 Å². The number of aliphatic hydroxyl groups excluding tert-OH is 1. The molecule has 0 fully saturated rings. The molecule has 2 aromatic carbocycles. The van der Waals surface area contributed by atoms with E-state index in [1.807, 2.05) is 48.5 Å². The van der Waals surface area contributed by atoms with Crippen molar-refractivity contribution in [3.63, 3.8) is 0 Å². The molecule has 0 saturated carbocycles. The number of benzene rings is 2. The first-order valence-electron chi connectivity index (χ1n) is 6.24. The Morgan fingerprint density at radius 2 is 1.58 bits per heavy atom. The summed E-state index contributed by atoms with van der Waals surface area (Å²) in [6.45, 7) is 0.462. The third kappa shape index (κ3) is 1.48. The molecule has 1 unspecified atom stereocenters. The summed E-state index contributed by atoms with van der Waals surface area (Å²) in [6.07, 6.45) is -0.935. The van der Waals surface area contributed by atoms with Crippen molar-refractivity contribution in [2.45, 2.75) is 6.29 Å². The zero-order chi connectivity index (χ0) is 12.8. The average molecular weight is 252 g/mol. The standard InChI is InChI=1S/C16H12O3/c17-16-15-11-6-2-3-7-13(11)18-9-12(15)10-5-1-4-8-14(10)19-16/h1-8,16-17H,9H2. The van der Waals surface area contributed by atoms with Gasteiger partial charge in [0.15, 0.2) is 0 Å². The topological polar surface area (TPSA) is 38.7 Å². The third-order valence-electron chi connectivity index (χ3n) is 3.57. The van der Waals surface area contributed by atoms with Crippen LogP contribution >= 0.6 is 0 Å². The molecule has 0 aliphatic carbocycles. The van der Waals surface area contributed by atoms with Crippen LogP contribution in [0.15, 0.2) is 48.5 Å². The van der Waals surface area contributed by atoms with Crippen molar-refractivity contribution >= 4 is 11.1 Å². The molecule has 0 bridgehead atoms. The van der Waals surface area contributed by atoms with Crippen molar-refractivity contribution in [1.82, 2.24) is 0 Å². The van der Waals surface area contributed by atoms with Gasteiger partial charge < -0.3 is 14.6 Å². The minimum atomic E-state index is -0.935. The fourth-order valence-corrected chi connectivity index (χ4v) is 2.71. The molecule has 0 aromatic heterocycles. The number of hydrogen-bond acceptors (Lipinski definition) is 3. The van der Waals surface area contributed by atoms with Gasteiger partial charge in [-0.15, -0.1) is 0 Å². The van der Waals surface area contributed by atoms with E-state index in [9.17, 15) is 5.11 Å². The quantitative estimate of drug-likeness (QED) is 0.783. The van der Waals surface area contributed by atoms with Crippen molar-refractivity contribution in [3.05, 3.63) is 59.7 Å². The smallest absolute Gasteiger partial charge is 0.225 e. The molecule has 0 saturated heterocycles. The van der Waals surface area contributed by atoms with Crippen LogP contribution in [0.5, 0.6) is 11.5 Å². The Morgan fingerprint density at radius 1 is 0.895 bits per heavy atom. The van der Waals surface area contributed by atoms with Gasteiger partial charge in [0.25, 0.3) is 0 Å². The fraction of sp³-hybridized carbons (Fsp3) is 0.125. The van der Waals surface area contributed by atoms with Gasteiger partial charge in [-0.2, -0.15) is 0 Å². The van der Waals surface area contributed by atoms with Crippen LogP contribution in [0.25, 0.3) is 11.1 Å². The Labute approximate surface area is 110 Å². The van der Waals surface area contributed by atoms with Crippen LogP contribution in [0.3, 0.4) is 0 Å². The lowest BCUT2D eigenvalue weighted by atomic mass is 9.90. The van der Waals surface area contributed by atoms with Gasteiger partial charge in [-0.1, -0.05) is 36.4 Å². The predicted molar refractivity (Wildman–Crippen MR) is 71.8 cm³/mol. The molecule has 19 heavy (non-hydrogen) atoms. The SMILES string of the molecule is OC1Oc2ccccc2C2=C1c1ccccc1OC2. The maximum Gasteiger partial charge on any atom is 0.225 e. The maximum atomic E-state index is 10.3. The van der Waals surface area contributed by atoms with Crippen molar-refractivity contribution in [1.29, 1.82) is 0 Å². The second-order valence-corrected chi connectivity index (χ2v) is 4.64. The summed E-state index contributed by atoms with van der Waals surface area (Å²) in [5.41, 5.74) is 3.73. The molecule has 2 aliphatic heterocycles. The lowest BCUT2D eigenvalue weighted by molar-refractivity contribution is 0.0303. The summed E-state index contributed by atoms with van der Waals surface area (Å²) in [4.78, 5) is 0. The molecular formula is C16H12O3. The van der Waals surface area contributed by atoms with E-state index in [1.165, 1.54) is 0 Å². The van der Waals surface area contributed by atoms with Crippen LogP contribution in [0.1, 0.15) is 11.1 Å². The van der Waals surface area contributed by atoms with Crippen molar-refractivity contribution in [2.24, 2.45) is 0 Å². The molecule has 4 rings (SSSR count). The second-order valence-electron chi connectivity index (χ2n) is 4.64. The maximum absolute atomic E-state index is 10.3. The first kappa shape index (κ1) is 10.6. The van der Waals surface area contributed by atoms with Gasteiger partial charge in [-0.3, -0.25) is 0 Å². The summed E-state index contributed by atoms with van der Waals surface area (Å²) in [6, 6.07) is 15.4. The first-order valence-corrected chi connectivity index (χ1v) is 6.24. The van der Waals surface area contributed by atoms with Gasteiger partial charge in [0, 0.05) is 22.3 Å². The monoisotopic (exact) mass is 252 g/mol. The fourth-order valence-electron chi connectivity index (χ4n) is 2.71. The van der Waals surface area contributed by atoms with Gasteiger partial charge in [0.1, 0.15) is 18.1 Å². The number of hydrogen-bond donors (Lipinski definition) is 1. The van der Waals surface area contributed by atoms with E-state index in [2.05, 4.69) is 0 Å². The Kier molecular flexibility index (Phi) is 2.17. The minimum absolute atomic E-state index is 0.462. The Bertz CT molecular complexity index is 688. The van der Waals surface area contributed by atoms with Crippen LogP contribution in [-0.4, -0.2) is 18.0 Å². The minimum Gasteiger partial charge on any atom is -0.488 e. The van der Waals surface area contributed by atoms with Crippen LogP contribution in [0.2, 0.25) is 0 Å². The first-order chi connectivity index (χ1) is 9.34. The molecule has 3 heteroatoms. The highest BCUT2D eigenvalue weighted by atomic mass is 16.6. The van der Waals surface area contributed by atoms with E-state index >= 15 is 0 Å². The number of ether oxygens (including phenoxy) is 2. The lowest BCUT2D eigenvalue weighted by Crippen LogP contribution is -2.27. The summed E-state index contributed by atoms with van der Waals surface area (Å²) in [7, 11) is 0. The highest BCUT2D eigenvalue weighted by Crippen LogP contribution is 2.44. The summed E-state index contributed by atoms with van der Waals surface area (Å²) < 4.78 is 11.4. The normalized spacial score (nSPS) is 19.7. The van der Waals surface area contributed by atoms with Crippen molar-refractivity contribution < 1.29 is 14.6 Å². The lowest BCUT2D eigenvalue weighted by Gasteiger charge is -2.32. The highest BCUT2D eigenvalue weighted by Gasteiger charge is 2.32. The molecule has 2 heterocycles. The van der Waals surface area contributed by atoms with Crippen molar-refractivity contribution in [2.75, 3.05) is 6.61 Å². The number of rotatable bonds is 0. The van der Waals surface area contributed by atoms with Crippen LogP contribution in [-0.2, 0) is 0 Å². The second kappa shape index (κ2) is 3.87. The third-order valence-corrected chi connectivity index (χ3v) is 3.57.